The molecule has 3 N–H and O–H groups in total. The lowest BCUT2D eigenvalue weighted by molar-refractivity contribution is 0.0495. The molecule has 0 atom stereocenters. The van der Waals surface area contributed by atoms with E-state index in [0.29, 0.717) is 5.69 Å². The predicted molar refractivity (Wildman–Crippen MR) is 30.7 cm³/mol. The number of nitrogens with two attached hydrogens (primary N) is 1. The summed E-state index contributed by atoms with van der Waals surface area (Å²) in [6.07, 6.45) is 0. The van der Waals surface area contributed by atoms with Crippen LogP contribution in [0.3, 0.4) is 0 Å². The Morgan fingerprint density at radius 2 is 2.50 bits per heavy atom. The summed E-state index contributed by atoms with van der Waals surface area (Å²) in [7, 11) is 0. The van der Waals surface area contributed by atoms with Crippen molar-refractivity contribution in [3.05, 3.63) is 11.4 Å². The van der Waals surface area contributed by atoms with Crippen LogP contribution in [0.5, 0.6) is 0 Å². The fraction of sp³-hybridized carbons (Fsp3) is 0.250. The lowest BCUT2D eigenvalue weighted by Crippen LogP contribution is -2.11. The minimum absolute atomic E-state index is 0.183. The van der Waals surface area contributed by atoms with Gasteiger partial charge in [-0.25, -0.2) is 4.79 Å². The lowest BCUT2D eigenvalue weighted by Gasteiger charge is -1.91. The number of aromatic amines is 1. The summed E-state index contributed by atoms with van der Waals surface area (Å²) in [5.41, 5.74) is 0.651. The summed E-state index contributed by atoms with van der Waals surface area (Å²) in [4.78, 5) is 14.6. The van der Waals surface area contributed by atoms with Crippen molar-refractivity contribution >= 4 is 5.97 Å². The zero-order valence-corrected chi connectivity index (χ0v) is 5.29. The largest absolute Gasteiger partial charge is 0.376 e. The van der Waals surface area contributed by atoms with Crippen molar-refractivity contribution in [2.45, 2.75) is 6.92 Å². The lowest BCUT2D eigenvalue weighted by atomic mass is 10.3. The van der Waals surface area contributed by atoms with E-state index in [-0.39, 0.29) is 5.69 Å². The number of nitrogens with zero attached hydrogens (tertiary/aromatic N) is 2. The highest BCUT2D eigenvalue weighted by atomic mass is 16.7. The minimum atomic E-state index is -0.664. The SMILES string of the molecule is Cc1nn[nH]c1C(=O)ON. The summed E-state index contributed by atoms with van der Waals surface area (Å²) >= 11 is 0. The summed E-state index contributed by atoms with van der Waals surface area (Å²) in [6.45, 7) is 1.62. The standard InChI is InChI=1S/C4H6N4O2/c1-2-3(4(9)10-5)7-8-6-2/h5H2,1H3,(H,6,7,8). The van der Waals surface area contributed by atoms with Gasteiger partial charge in [-0.3, -0.25) is 5.10 Å². The van der Waals surface area contributed by atoms with Gasteiger partial charge in [0, 0.05) is 0 Å². The Labute approximate surface area is 56.3 Å². The third-order valence-electron chi connectivity index (χ3n) is 1.03. The summed E-state index contributed by atoms with van der Waals surface area (Å²) in [6, 6.07) is 0. The molecule has 1 aromatic heterocycles. The first kappa shape index (κ1) is 6.69. The second kappa shape index (κ2) is 2.44. The van der Waals surface area contributed by atoms with Crippen LogP contribution < -0.4 is 5.90 Å². The van der Waals surface area contributed by atoms with Crippen LogP contribution in [-0.4, -0.2) is 21.4 Å². The monoisotopic (exact) mass is 142 g/mol. The third kappa shape index (κ3) is 0.960. The van der Waals surface area contributed by atoms with Gasteiger partial charge in [-0.2, -0.15) is 5.90 Å². The quantitative estimate of drug-likeness (QED) is 0.498. The van der Waals surface area contributed by atoms with Gasteiger partial charge in [-0.1, -0.05) is 5.21 Å². The van der Waals surface area contributed by atoms with Crippen molar-refractivity contribution in [2.24, 2.45) is 5.90 Å². The number of rotatable bonds is 1. The number of nitrogens with one attached hydrogen (secondary N) is 1. The molecule has 54 valence electrons. The fourth-order valence-corrected chi connectivity index (χ4v) is 0.533. The van der Waals surface area contributed by atoms with Crippen LogP contribution in [0.25, 0.3) is 0 Å². The van der Waals surface area contributed by atoms with E-state index in [1.165, 1.54) is 0 Å². The molecule has 1 rings (SSSR count). The fourth-order valence-electron chi connectivity index (χ4n) is 0.533. The van der Waals surface area contributed by atoms with Crippen LogP contribution in [0.2, 0.25) is 0 Å². The van der Waals surface area contributed by atoms with Crippen molar-refractivity contribution in [1.82, 2.24) is 15.4 Å². The maximum absolute atomic E-state index is 10.6. The molecule has 0 fully saturated rings. The first-order valence-electron chi connectivity index (χ1n) is 2.54. The Morgan fingerprint density at radius 1 is 1.80 bits per heavy atom. The molecule has 1 heterocycles. The smallest absolute Gasteiger partial charge is 0.368 e. The Morgan fingerprint density at radius 3 is 2.90 bits per heavy atom. The van der Waals surface area contributed by atoms with E-state index in [0.717, 1.165) is 0 Å². The van der Waals surface area contributed by atoms with Crippen LogP contribution in [0.4, 0.5) is 0 Å². The number of hydrogen-bond donors (Lipinski definition) is 2. The van der Waals surface area contributed by atoms with E-state index in [1.54, 1.807) is 6.92 Å². The zero-order valence-electron chi connectivity index (χ0n) is 5.29. The molecule has 0 radical (unpaired) electrons. The minimum Gasteiger partial charge on any atom is -0.368 e. The van der Waals surface area contributed by atoms with Gasteiger partial charge in [0.1, 0.15) is 0 Å². The van der Waals surface area contributed by atoms with Gasteiger partial charge in [-0.05, 0) is 6.92 Å². The van der Waals surface area contributed by atoms with Crippen molar-refractivity contribution in [3.8, 4) is 0 Å². The maximum atomic E-state index is 10.6. The molecule has 0 aliphatic carbocycles. The van der Waals surface area contributed by atoms with Gasteiger partial charge >= 0.3 is 5.97 Å². The van der Waals surface area contributed by atoms with E-state index < -0.39 is 5.97 Å². The molecule has 0 saturated heterocycles. The Kier molecular flexibility index (Phi) is 1.63. The number of aryl methyl sites for hydroxylation is 1. The molecule has 0 spiro atoms. The van der Waals surface area contributed by atoms with Crippen molar-refractivity contribution in [2.75, 3.05) is 0 Å². The molecular weight excluding hydrogens is 136 g/mol. The van der Waals surface area contributed by atoms with Gasteiger partial charge in [0.05, 0.1) is 5.69 Å². The Balaban J connectivity index is 2.93. The third-order valence-corrected chi connectivity index (χ3v) is 1.03. The molecule has 0 aliphatic heterocycles. The highest BCUT2D eigenvalue weighted by Crippen LogP contribution is 1.98. The van der Waals surface area contributed by atoms with Crippen LogP contribution in [0, 0.1) is 6.92 Å². The maximum Gasteiger partial charge on any atom is 0.376 e. The van der Waals surface area contributed by atoms with Crippen molar-refractivity contribution in [1.29, 1.82) is 0 Å². The molecule has 10 heavy (non-hydrogen) atoms. The molecule has 0 saturated carbocycles. The van der Waals surface area contributed by atoms with Gasteiger partial charge < -0.3 is 4.84 Å². The van der Waals surface area contributed by atoms with E-state index in [2.05, 4.69) is 26.1 Å². The predicted octanol–water partition coefficient (Wildman–Crippen LogP) is -0.856. The van der Waals surface area contributed by atoms with E-state index in [4.69, 9.17) is 0 Å². The second-order valence-electron chi connectivity index (χ2n) is 1.68. The summed E-state index contributed by atoms with van der Waals surface area (Å²) in [5.74, 6) is 3.94. The Hall–Kier alpha value is -1.43. The molecule has 0 amide bonds. The molecule has 0 aliphatic rings. The molecule has 0 aromatic carbocycles. The van der Waals surface area contributed by atoms with Gasteiger partial charge in [0.2, 0.25) is 0 Å². The Bertz CT molecular complexity index is 243. The highest BCUT2D eigenvalue weighted by molar-refractivity contribution is 5.87. The first-order chi connectivity index (χ1) is 4.75. The van der Waals surface area contributed by atoms with Crippen LogP contribution in [0.1, 0.15) is 16.2 Å². The van der Waals surface area contributed by atoms with Crippen LogP contribution in [-0.2, 0) is 4.84 Å². The molecule has 0 unspecified atom stereocenters. The van der Waals surface area contributed by atoms with E-state index >= 15 is 0 Å². The number of hydrogen-bond acceptors (Lipinski definition) is 5. The normalized spacial score (nSPS) is 9.40. The van der Waals surface area contributed by atoms with Gasteiger partial charge in [0.25, 0.3) is 0 Å². The molecular formula is C4H6N4O2. The van der Waals surface area contributed by atoms with E-state index in [9.17, 15) is 4.79 Å². The van der Waals surface area contributed by atoms with Crippen LogP contribution >= 0.6 is 0 Å². The number of carbonyl (C=O) groups excluding carboxylic acids is 1. The molecule has 0 bridgehead atoms. The molecule has 6 nitrogen and oxygen atoms in total. The topological polar surface area (TPSA) is 93.9 Å². The van der Waals surface area contributed by atoms with Crippen LogP contribution in [0.15, 0.2) is 0 Å². The number of aromatic nitrogens is 3. The van der Waals surface area contributed by atoms with Gasteiger partial charge in [-0.15, -0.1) is 5.10 Å². The average Bonchev–Trinajstić information content (AvgIpc) is 2.34. The number of H-pyrrole nitrogens is 1. The summed E-state index contributed by atoms with van der Waals surface area (Å²) in [5, 5.41) is 9.22. The number of carbonyl (C=O) groups is 1. The first-order valence-corrected chi connectivity index (χ1v) is 2.54. The highest BCUT2D eigenvalue weighted by Gasteiger charge is 2.11. The molecule has 1 aromatic rings. The summed E-state index contributed by atoms with van der Waals surface area (Å²) < 4.78 is 0. The molecule has 6 heteroatoms. The second-order valence-corrected chi connectivity index (χ2v) is 1.68. The van der Waals surface area contributed by atoms with Gasteiger partial charge in [0.15, 0.2) is 5.69 Å². The van der Waals surface area contributed by atoms with E-state index in [1.807, 2.05) is 0 Å². The zero-order chi connectivity index (χ0) is 7.56. The average molecular weight is 142 g/mol. The van der Waals surface area contributed by atoms with Crippen molar-refractivity contribution in [3.63, 3.8) is 0 Å². The van der Waals surface area contributed by atoms with Crippen molar-refractivity contribution < 1.29 is 9.63 Å².